The van der Waals surface area contributed by atoms with Crippen molar-refractivity contribution in [2.75, 3.05) is 20.2 Å². The van der Waals surface area contributed by atoms with Gasteiger partial charge in [0.1, 0.15) is 0 Å². The molecule has 0 spiro atoms. The second-order valence-corrected chi connectivity index (χ2v) is 4.84. The number of methoxy groups -OCH3 is 1. The summed E-state index contributed by atoms with van der Waals surface area (Å²) in [6.07, 6.45) is 2.79. The summed E-state index contributed by atoms with van der Waals surface area (Å²) >= 11 is 0. The molecule has 0 unspecified atom stereocenters. The van der Waals surface area contributed by atoms with E-state index in [1.54, 1.807) is 0 Å². The van der Waals surface area contributed by atoms with Gasteiger partial charge in [0, 0.05) is 6.54 Å². The van der Waals surface area contributed by atoms with Crippen molar-refractivity contribution in [1.29, 1.82) is 0 Å². The summed E-state index contributed by atoms with van der Waals surface area (Å²) in [5.74, 6) is 0.609. The van der Waals surface area contributed by atoms with Gasteiger partial charge in [-0.3, -0.25) is 4.79 Å². The molecule has 0 bridgehead atoms. The van der Waals surface area contributed by atoms with E-state index in [9.17, 15) is 4.79 Å². The fourth-order valence-electron chi connectivity index (χ4n) is 1.80. The largest absolute Gasteiger partial charge is 0.469 e. The van der Waals surface area contributed by atoms with E-state index in [4.69, 9.17) is 4.74 Å². The molecule has 1 N–H and O–H groups in total. The molecule has 3 nitrogen and oxygen atoms in total. The number of ether oxygens (including phenoxy) is 1. The number of carbonyl (C=O) groups is 1. The molecule has 110 valence electrons. The molecule has 0 saturated carbocycles. The van der Waals surface area contributed by atoms with Gasteiger partial charge in [-0.15, -0.1) is 0 Å². The van der Waals surface area contributed by atoms with E-state index in [1.807, 2.05) is 27.7 Å². The molecular formula is C15H33NO2. The lowest BCUT2D eigenvalue weighted by Gasteiger charge is -2.28. The third kappa shape index (κ3) is 7.00. The molecule has 0 heterocycles. The quantitative estimate of drug-likeness (QED) is 0.534. The van der Waals surface area contributed by atoms with Crippen molar-refractivity contribution in [3.05, 3.63) is 0 Å². The number of hydrogen-bond donors (Lipinski definition) is 1. The summed E-state index contributed by atoms with van der Waals surface area (Å²) in [6.45, 7) is 14.2. The van der Waals surface area contributed by atoms with Gasteiger partial charge in [-0.05, 0) is 31.7 Å². The maximum absolute atomic E-state index is 11.8. The lowest BCUT2D eigenvalue weighted by Crippen LogP contribution is -2.41. The average molecular weight is 259 g/mol. The number of esters is 1. The lowest BCUT2D eigenvalue weighted by molar-refractivity contribution is -0.153. The highest BCUT2D eigenvalue weighted by atomic mass is 16.5. The average Bonchev–Trinajstić information content (AvgIpc) is 2.41. The molecule has 0 aliphatic rings. The number of hydrogen-bond acceptors (Lipinski definition) is 3. The molecule has 0 aromatic heterocycles. The summed E-state index contributed by atoms with van der Waals surface area (Å²) < 4.78 is 4.90. The van der Waals surface area contributed by atoms with Crippen LogP contribution in [0.25, 0.3) is 0 Å². The fraction of sp³-hybridized carbons (Fsp3) is 0.933. The van der Waals surface area contributed by atoms with E-state index in [0.717, 1.165) is 32.4 Å². The van der Waals surface area contributed by atoms with Crippen molar-refractivity contribution < 1.29 is 9.53 Å². The van der Waals surface area contributed by atoms with Gasteiger partial charge in [0.2, 0.25) is 0 Å². The molecule has 0 aliphatic carbocycles. The van der Waals surface area contributed by atoms with Crippen LogP contribution in [0.4, 0.5) is 0 Å². The summed E-state index contributed by atoms with van der Waals surface area (Å²) in [5.41, 5.74) is -0.342. The summed E-state index contributed by atoms with van der Waals surface area (Å²) in [4.78, 5) is 11.8. The van der Waals surface area contributed by atoms with E-state index in [2.05, 4.69) is 19.2 Å². The first-order valence-corrected chi connectivity index (χ1v) is 7.31. The van der Waals surface area contributed by atoms with Crippen LogP contribution in [0.15, 0.2) is 0 Å². The first-order chi connectivity index (χ1) is 8.52. The maximum Gasteiger partial charge on any atom is 0.313 e. The first-order valence-electron chi connectivity index (χ1n) is 7.31. The zero-order chi connectivity index (χ0) is 14.6. The Morgan fingerprint density at radius 3 is 2.06 bits per heavy atom. The Labute approximate surface area is 114 Å². The van der Waals surface area contributed by atoms with Crippen LogP contribution in [0.3, 0.4) is 0 Å². The number of nitrogens with one attached hydrogen (secondary N) is 1. The van der Waals surface area contributed by atoms with Crippen LogP contribution in [0.1, 0.15) is 60.8 Å². The molecule has 0 aliphatic heterocycles. The SMILES string of the molecule is CC.CCC(CC)(CNCCC(C)C)C(=O)OC. The Morgan fingerprint density at radius 2 is 1.72 bits per heavy atom. The number of carbonyl (C=O) groups excluding carboxylic acids is 1. The van der Waals surface area contributed by atoms with Crippen LogP contribution in [0.2, 0.25) is 0 Å². The minimum absolute atomic E-state index is 0.0884. The third-order valence-corrected chi connectivity index (χ3v) is 3.33. The van der Waals surface area contributed by atoms with Gasteiger partial charge >= 0.3 is 5.97 Å². The molecule has 0 aromatic rings. The van der Waals surface area contributed by atoms with Gasteiger partial charge in [0.15, 0.2) is 0 Å². The highest BCUT2D eigenvalue weighted by molar-refractivity contribution is 5.76. The molecule has 0 saturated heterocycles. The Hall–Kier alpha value is -0.570. The Balaban J connectivity index is 0. The van der Waals surface area contributed by atoms with Crippen LogP contribution in [-0.2, 0) is 9.53 Å². The van der Waals surface area contributed by atoms with Gasteiger partial charge in [-0.2, -0.15) is 0 Å². The van der Waals surface area contributed by atoms with E-state index in [-0.39, 0.29) is 11.4 Å². The van der Waals surface area contributed by atoms with E-state index < -0.39 is 0 Å². The topological polar surface area (TPSA) is 38.3 Å². The normalized spacial score (nSPS) is 10.9. The number of rotatable bonds is 8. The predicted molar refractivity (Wildman–Crippen MR) is 78.7 cm³/mol. The summed E-state index contributed by atoms with van der Waals surface area (Å²) in [5, 5.41) is 3.37. The van der Waals surface area contributed by atoms with E-state index in [0.29, 0.717) is 5.92 Å². The van der Waals surface area contributed by atoms with Gasteiger partial charge in [-0.25, -0.2) is 0 Å². The standard InChI is InChI=1S/C13H27NO2.C2H6/c1-6-13(7-2,12(15)16-5)10-14-9-8-11(3)4;1-2/h11,14H,6-10H2,1-5H3;1-2H3. The fourth-order valence-corrected chi connectivity index (χ4v) is 1.80. The van der Waals surface area contributed by atoms with Gasteiger partial charge in [-0.1, -0.05) is 41.5 Å². The molecule has 0 aromatic carbocycles. The highest BCUT2D eigenvalue weighted by Gasteiger charge is 2.35. The van der Waals surface area contributed by atoms with Crippen LogP contribution >= 0.6 is 0 Å². The monoisotopic (exact) mass is 259 g/mol. The smallest absolute Gasteiger partial charge is 0.313 e. The minimum Gasteiger partial charge on any atom is -0.469 e. The van der Waals surface area contributed by atoms with Crippen LogP contribution in [0.5, 0.6) is 0 Å². The first kappa shape index (κ1) is 19.8. The van der Waals surface area contributed by atoms with Crippen molar-refractivity contribution in [2.45, 2.75) is 60.8 Å². The van der Waals surface area contributed by atoms with Crippen LogP contribution in [-0.4, -0.2) is 26.2 Å². The van der Waals surface area contributed by atoms with Gasteiger partial charge in [0.25, 0.3) is 0 Å². The second-order valence-electron chi connectivity index (χ2n) is 4.84. The van der Waals surface area contributed by atoms with Crippen LogP contribution < -0.4 is 5.32 Å². The molecule has 0 rings (SSSR count). The zero-order valence-electron chi connectivity index (χ0n) is 13.4. The third-order valence-electron chi connectivity index (χ3n) is 3.33. The highest BCUT2D eigenvalue weighted by Crippen LogP contribution is 2.27. The van der Waals surface area contributed by atoms with Gasteiger partial charge < -0.3 is 10.1 Å². The maximum atomic E-state index is 11.8. The van der Waals surface area contributed by atoms with Crippen molar-refractivity contribution in [1.82, 2.24) is 5.32 Å². The Kier molecular flexibility index (Phi) is 12.6. The summed E-state index contributed by atoms with van der Waals surface area (Å²) in [7, 11) is 1.47. The zero-order valence-corrected chi connectivity index (χ0v) is 13.4. The van der Waals surface area contributed by atoms with Crippen molar-refractivity contribution in [3.8, 4) is 0 Å². The Bertz CT molecular complexity index is 199. The van der Waals surface area contributed by atoms with Crippen molar-refractivity contribution >= 4 is 5.97 Å². The lowest BCUT2D eigenvalue weighted by atomic mass is 9.82. The van der Waals surface area contributed by atoms with Crippen LogP contribution in [0, 0.1) is 11.3 Å². The van der Waals surface area contributed by atoms with Crippen molar-refractivity contribution in [3.63, 3.8) is 0 Å². The second kappa shape index (κ2) is 11.5. The molecule has 0 fully saturated rings. The molecule has 18 heavy (non-hydrogen) atoms. The summed E-state index contributed by atoms with van der Waals surface area (Å²) in [6, 6.07) is 0. The predicted octanol–water partition coefficient (Wildman–Crippen LogP) is 3.63. The molecule has 3 heteroatoms. The molecular weight excluding hydrogens is 226 g/mol. The van der Waals surface area contributed by atoms with Gasteiger partial charge in [0.05, 0.1) is 12.5 Å². The molecule has 0 amide bonds. The van der Waals surface area contributed by atoms with Crippen molar-refractivity contribution in [2.24, 2.45) is 11.3 Å². The minimum atomic E-state index is -0.342. The van der Waals surface area contributed by atoms with E-state index in [1.165, 1.54) is 7.11 Å². The molecule has 0 atom stereocenters. The van der Waals surface area contributed by atoms with E-state index >= 15 is 0 Å². The Morgan fingerprint density at radius 1 is 1.22 bits per heavy atom. The molecule has 0 radical (unpaired) electrons.